The molecule has 5 nitrogen and oxygen atoms in total. The van der Waals surface area contributed by atoms with Gasteiger partial charge in [-0.2, -0.15) is 0 Å². The van der Waals surface area contributed by atoms with E-state index in [1.54, 1.807) is 25.1 Å². The van der Waals surface area contributed by atoms with Crippen LogP contribution in [0.2, 0.25) is 0 Å². The maximum absolute atomic E-state index is 12.3. The Morgan fingerprint density at radius 2 is 1.95 bits per heavy atom. The number of likely N-dealkylation sites (tertiary alicyclic amines) is 1. The zero-order valence-electron chi connectivity index (χ0n) is 13.2. The minimum atomic E-state index is -0.433. The van der Waals surface area contributed by atoms with Crippen LogP contribution in [0.3, 0.4) is 0 Å². The highest BCUT2D eigenvalue weighted by Crippen LogP contribution is 2.35. The van der Waals surface area contributed by atoms with Crippen molar-refractivity contribution in [2.75, 3.05) is 27.2 Å². The van der Waals surface area contributed by atoms with Crippen molar-refractivity contribution >= 4 is 12.2 Å². The molecule has 0 radical (unpaired) electrons. The maximum Gasteiger partial charge on any atom is 0.227 e. The van der Waals surface area contributed by atoms with Crippen LogP contribution < -0.4 is 0 Å². The third-order valence-corrected chi connectivity index (χ3v) is 3.94. The minimum Gasteiger partial charge on any atom is -0.396 e. The third-order valence-electron chi connectivity index (χ3n) is 3.94. The number of carbonyl (C=O) groups excluding carboxylic acids is 2. The summed E-state index contributed by atoms with van der Waals surface area (Å²) in [6.45, 7) is 10.1. The van der Waals surface area contributed by atoms with Crippen molar-refractivity contribution in [1.82, 2.24) is 9.80 Å². The van der Waals surface area contributed by atoms with Gasteiger partial charge in [0.05, 0.1) is 12.0 Å². The Kier molecular flexibility index (Phi) is 8.34. The van der Waals surface area contributed by atoms with Crippen molar-refractivity contribution in [1.29, 1.82) is 0 Å². The van der Waals surface area contributed by atoms with Gasteiger partial charge in [0.15, 0.2) is 0 Å². The lowest BCUT2D eigenvalue weighted by Crippen LogP contribution is -2.41. The molecule has 116 valence electrons. The van der Waals surface area contributed by atoms with Gasteiger partial charge in [0.1, 0.15) is 6.29 Å². The maximum atomic E-state index is 12.3. The van der Waals surface area contributed by atoms with Crippen molar-refractivity contribution in [3.05, 3.63) is 12.7 Å². The fourth-order valence-corrected chi connectivity index (χ4v) is 2.69. The summed E-state index contributed by atoms with van der Waals surface area (Å²) in [6.07, 6.45) is 2.48. The first-order valence-corrected chi connectivity index (χ1v) is 7.19. The van der Waals surface area contributed by atoms with Gasteiger partial charge in [-0.15, -0.1) is 6.58 Å². The SMILES string of the molecule is C=CC1C(C(=O)N(C)CC)C(CO)C(C=O)N1C.CC. The largest absolute Gasteiger partial charge is 0.396 e. The van der Waals surface area contributed by atoms with Gasteiger partial charge in [-0.1, -0.05) is 19.9 Å². The zero-order chi connectivity index (χ0) is 15.9. The Morgan fingerprint density at radius 3 is 2.30 bits per heavy atom. The molecule has 1 aliphatic rings. The van der Waals surface area contributed by atoms with Gasteiger partial charge in [-0.05, 0) is 14.0 Å². The summed E-state index contributed by atoms with van der Waals surface area (Å²) in [5.41, 5.74) is 0. The van der Waals surface area contributed by atoms with Crippen LogP contribution in [0.25, 0.3) is 0 Å². The number of aliphatic hydroxyl groups excluding tert-OH is 1. The van der Waals surface area contributed by atoms with Gasteiger partial charge in [0.25, 0.3) is 0 Å². The summed E-state index contributed by atoms with van der Waals surface area (Å²) in [7, 11) is 3.51. The van der Waals surface area contributed by atoms with Crippen molar-refractivity contribution < 1.29 is 14.7 Å². The van der Waals surface area contributed by atoms with Crippen LogP contribution in [0.5, 0.6) is 0 Å². The minimum absolute atomic E-state index is 0.0438. The Balaban J connectivity index is 0.00000172. The fraction of sp³-hybridized carbons (Fsp3) is 0.733. The predicted molar refractivity (Wildman–Crippen MR) is 80.3 cm³/mol. The second-order valence-corrected chi connectivity index (χ2v) is 4.74. The summed E-state index contributed by atoms with van der Waals surface area (Å²) < 4.78 is 0. The van der Waals surface area contributed by atoms with Crippen molar-refractivity contribution in [2.45, 2.75) is 32.9 Å². The number of carbonyl (C=O) groups is 2. The quantitative estimate of drug-likeness (QED) is 0.599. The van der Waals surface area contributed by atoms with Gasteiger partial charge < -0.3 is 14.8 Å². The van der Waals surface area contributed by atoms with E-state index in [1.807, 2.05) is 25.7 Å². The van der Waals surface area contributed by atoms with E-state index < -0.39 is 12.0 Å². The summed E-state index contributed by atoms with van der Waals surface area (Å²) in [5.74, 6) is -0.813. The Labute approximate surface area is 122 Å². The van der Waals surface area contributed by atoms with Crippen molar-refractivity contribution in [3.8, 4) is 0 Å². The smallest absolute Gasteiger partial charge is 0.227 e. The first-order chi connectivity index (χ1) is 9.53. The number of amides is 1. The van der Waals surface area contributed by atoms with Crippen LogP contribution >= 0.6 is 0 Å². The highest BCUT2D eigenvalue weighted by atomic mass is 16.3. The molecule has 4 unspecified atom stereocenters. The molecule has 20 heavy (non-hydrogen) atoms. The first-order valence-electron chi connectivity index (χ1n) is 7.19. The lowest BCUT2D eigenvalue weighted by molar-refractivity contribution is -0.136. The fourth-order valence-electron chi connectivity index (χ4n) is 2.69. The highest BCUT2D eigenvalue weighted by molar-refractivity contribution is 5.81. The molecule has 0 aromatic rings. The topological polar surface area (TPSA) is 60.9 Å². The number of hydrogen-bond donors (Lipinski definition) is 1. The van der Waals surface area contributed by atoms with Crippen molar-refractivity contribution in [2.24, 2.45) is 11.8 Å². The van der Waals surface area contributed by atoms with E-state index in [9.17, 15) is 14.7 Å². The Hall–Kier alpha value is -1.20. The van der Waals surface area contributed by atoms with E-state index in [2.05, 4.69) is 6.58 Å². The van der Waals surface area contributed by atoms with Crippen LogP contribution in [0.4, 0.5) is 0 Å². The van der Waals surface area contributed by atoms with Crippen LogP contribution in [0.15, 0.2) is 12.7 Å². The third kappa shape index (κ3) is 3.46. The molecule has 1 rings (SSSR count). The van der Waals surface area contributed by atoms with Crippen LogP contribution in [-0.2, 0) is 9.59 Å². The molecule has 4 atom stereocenters. The molecule has 1 fully saturated rings. The molecule has 0 saturated carbocycles. The first kappa shape index (κ1) is 18.8. The van der Waals surface area contributed by atoms with Gasteiger partial charge in [0.2, 0.25) is 5.91 Å². The van der Waals surface area contributed by atoms with Gasteiger partial charge in [-0.25, -0.2) is 0 Å². The molecule has 0 aliphatic carbocycles. The zero-order valence-corrected chi connectivity index (χ0v) is 13.2. The standard InChI is InChI=1S/C13H22N2O3.C2H6/c1-5-10-12(13(18)14(3)6-2)9(7-16)11(8-17)15(10)4;1-2/h5,8-12,16H,1,6-7H2,2-4H3;1-2H3. The number of nitrogens with zero attached hydrogens (tertiary/aromatic N) is 2. The highest BCUT2D eigenvalue weighted by Gasteiger charge is 2.49. The summed E-state index contributed by atoms with van der Waals surface area (Å²) in [5, 5.41) is 9.48. The van der Waals surface area contributed by atoms with Crippen LogP contribution in [0.1, 0.15) is 20.8 Å². The molecule has 0 bridgehead atoms. The van der Waals surface area contributed by atoms with E-state index in [4.69, 9.17) is 0 Å². The number of hydrogen-bond acceptors (Lipinski definition) is 4. The summed E-state index contributed by atoms with van der Waals surface area (Å²) in [6, 6.07) is -0.643. The molecule has 1 saturated heterocycles. The monoisotopic (exact) mass is 284 g/mol. The molecule has 1 amide bonds. The summed E-state index contributed by atoms with van der Waals surface area (Å²) >= 11 is 0. The van der Waals surface area contributed by atoms with Gasteiger partial charge >= 0.3 is 0 Å². The van der Waals surface area contributed by atoms with Gasteiger partial charge in [0, 0.05) is 32.2 Å². The molecule has 0 aromatic heterocycles. The van der Waals surface area contributed by atoms with E-state index in [-0.39, 0.29) is 24.5 Å². The number of aldehydes is 1. The molecule has 1 heterocycles. The Bertz CT molecular complexity index is 333. The molecule has 0 spiro atoms. The van der Waals surface area contributed by atoms with E-state index >= 15 is 0 Å². The van der Waals surface area contributed by atoms with E-state index in [0.717, 1.165) is 6.29 Å². The molecule has 5 heteroatoms. The predicted octanol–water partition coefficient (Wildman–Crippen LogP) is 0.783. The number of rotatable bonds is 5. The number of likely N-dealkylation sites (N-methyl/N-ethyl adjacent to an activating group) is 1. The molecular formula is C15H28N2O3. The average molecular weight is 284 g/mol. The molecular weight excluding hydrogens is 256 g/mol. The van der Waals surface area contributed by atoms with Crippen molar-refractivity contribution in [3.63, 3.8) is 0 Å². The molecule has 1 aliphatic heterocycles. The molecule has 0 aromatic carbocycles. The van der Waals surface area contributed by atoms with Crippen LogP contribution in [0, 0.1) is 11.8 Å². The lowest BCUT2D eigenvalue weighted by atomic mass is 9.86. The average Bonchev–Trinajstić information content (AvgIpc) is 2.78. The lowest BCUT2D eigenvalue weighted by Gasteiger charge is -2.26. The number of aliphatic hydroxyl groups is 1. The second-order valence-electron chi connectivity index (χ2n) is 4.74. The van der Waals surface area contributed by atoms with E-state index in [1.165, 1.54) is 0 Å². The van der Waals surface area contributed by atoms with E-state index in [0.29, 0.717) is 6.54 Å². The normalized spacial score (nSPS) is 29.3. The van der Waals surface area contributed by atoms with Crippen LogP contribution in [-0.4, -0.2) is 66.4 Å². The molecule has 1 N–H and O–H groups in total. The summed E-state index contributed by atoms with van der Waals surface area (Å²) in [4.78, 5) is 26.9. The van der Waals surface area contributed by atoms with Gasteiger partial charge in [-0.3, -0.25) is 9.69 Å². The second kappa shape index (κ2) is 8.87. The Morgan fingerprint density at radius 1 is 1.40 bits per heavy atom.